The first-order valence-electron chi connectivity index (χ1n) is 10.8. The monoisotopic (exact) mass is 479 g/mol. The van der Waals surface area contributed by atoms with Gasteiger partial charge in [0, 0.05) is 12.8 Å². The van der Waals surface area contributed by atoms with E-state index in [1.807, 2.05) is 0 Å². The molecule has 0 saturated carbocycles. The molecule has 4 amide bonds. The van der Waals surface area contributed by atoms with Gasteiger partial charge in [-0.05, 0) is 17.9 Å². The number of carboxylic acids is 1. The number of nitrogens with one attached hydrogen (secondary N) is 3. The highest BCUT2D eigenvalue weighted by Gasteiger charge is 2.31. The van der Waals surface area contributed by atoms with E-state index in [-0.39, 0.29) is 19.3 Å². The highest BCUT2D eigenvalue weighted by molar-refractivity contribution is 5.94. The minimum absolute atomic E-state index is 0.0461. The molecule has 12 heteroatoms. The van der Waals surface area contributed by atoms with Crippen molar-refractivity contribution >= 4 is 29.6 Å². The fourth-order valence-electron chi connectivity index (χ4n) is 3.02. The second-order valence-corrected chi connectivity index (χ2v) is 8.17. The van der Waals surface area contributed by atoms with Gasteiger partial charge in [-0.2, -0.15) is 0 Å². The molecule has 0 aliphatic carbocycles. The van der Waals surface area contributed by atoms with Crippen LogP contribution in [0.2, 0.25) is 0 Å². The van der Waals surface area contributed by atoms with Gasteiger partial charge < -0.3 is 37.6 Å². The van der Waals surface area contributed by atoms with Gasteiger partial charge in [0.2, 0.25) is 23.6 Å². The summed E-state index contributed by atoms with van der Waals surface area (Å²) in [6, 6.07) is 3.78. The number of aliphatic hydroxyl groups is 1. The molecule has 0 spiro atoms. The predicted octanol–water partition coefficient (Wildman–Crippen LogP) is -1.99. The molecule has 188 valence electrons. The molecule has 0 fully saturated rings. The van der Waals surface area contributed by atoms with E-state index < -0.39 is 66.3 Å². The number of hydrogen-bond acceptors (Lipinski definition) is 7. The first-order valence-corrected chi connectivity index (χ1v) is 10.8. The standard InChI is InChI=1S/C22H33N5O7/c1-12(2)18(22(33)34)27-20(31)15(8-9-17(24)29)25-21(32)16(26-19(30)14(23)11-28)10-13-6-4-3-5-7-13/h3-7,12,14-16,18,28H,8-11,23H2,1-2H3,(H2,24,29)(H,25,32)(H,26,30)(H,27,31)(H,33,34). The zero-order valence-electron chi connectivity index (χ0n) is 19.2. The Labute approximate surface area is 197 Å². The van der Waals surface area contributed by atoms with Gasteiger partial charge in [0.15, 0.2) is 0 Å². The molecule has 0 bridgehead atoms. The number of nitrogens with two attached hydrogens (primary N) is 2. The zero-order valence-corrected chi connectivity index (χ0v) is 19.2. The van der Waals surface area contributed by atoms with Crippen LogP contribution in [-0.2, 0) is 30.4 Å². The molecule has 0 aromatic heterocycles. The Kier molecular flexibility index (Phi) is 11.7. The number of hydrogen-bond donors (Lipinski definition) is 7. The average Bonchev–Trinajstić information content (AvgIpc) is 2.78. The lowest BCUT2D eigenvalue weighted by Gasteiger charge is -2.26. The largest absolute Gasteiger partial charge is 0.480 e. The molecular formula is C22H33N5O7. The quantitative estimate of drug-likeness (QED) is 0.158. The summed E-state index contributed by atoms with van der Waals surface area (Å²) in [5.74, 6) is -4.76. The number of rotatable bonds is 14. The van der Waals surface area contributed by atoms with Crippen LogP contribution in [0.1, 0.15) is 32.3 Å². The number of carboxylic acid groups (broad SMARTS) is 1. The van der Waals surface area contributed by atoms with Crippen molar-refractivity contribution in [1.82, 2.24) is 16.0 Å². The van der Waals surface area contributed by atoms with E-state index in [0.29, 0.717) is 5.56 Å². The average molecular weight is 480 g/mol. The maximum atomic E-state index is 13.1. The molecule has 0 heterocycles. The van der Waals surface area contributed by atoms with Crippen molar-refractivity contribution in [1.29, 1.82) is 0 Å². The molecule has 0 saturated heterocycles. The summed E-state index contributed by atoms with van der Waals surface area (Å²) in [6.07, 6.45) is -0.382. The molecule has 1 aromatic rings. The van der Waals surface area contributed by atoms with E-state index in [1.165, 1.54) is 0 Å². The molecule has 1 rings (SSSR count). The fraction of sp³-hybridized carbons (Fsp3) is 0.500. The topological polar surface area (TPSA) is 214 Å². The van der Waals surface area contributed by atoms with Crippen LogP contribution < -0.4 is 27.4 Å². The van der Waals surface area contributed by atoms with Gasteiger partial charge >= 0.3 is 5.97 Å². The highest BCUT2D eigenvalue weighted by Crippen LogP contribution is 2.08. The molecule has 9 N–H and O–H groups in total. The van der Waals surface area contributed by atoms with Crippen molar-refractivity contribution < 1.29 is 34.2 Å². The van der Waals surface area contributed by atoms with E-state index in [9.17, 15) is 29.1 Å². The number of benzene rings is 1. The zero-order chi connectivity index (χ0) is 25.8. The van der Waals surface area contributed by atoms with Crippen LogP contribution in [0, 0.1) is 5.92 Å². The van der Waals surface area contributed by atoms with E-state index >= 15 is 0 Å². The van der Waals surface area contributed by atoms with Gasteiger partial charge in [0.25, 0.3) is 0 Å². The summed E-state index contributed by atoms with van der Waals surface area (Å²) in [5, 5.41) is 25.7. The van der Waals surface area contributed by atoms with Crippen molar-refractivity contribution in [3.8, 4) is 0 Å². The van der Waals surface area contributed by atoms with Gasteiger partial charge in [-0.1, -0.05) is 44.2 Å². The van der Waals surface area contributed by atoms with Crippen LogP contribution in [-0.4, -0.2) is 70.6 Å². The molecule has 34 heavy (non-hydrogen) atoms. The Balaban J connectivity index is 3.11. The summed E-state index contributed by atoms with van der Waals surface area (Å²) < 4.78 is 0. The molecule has 0 radical (unpaired) electrons. The third-order valence-corrected chi connectivity index (χ3v) is 4.99. The normalized spacial score (nSPS) is 14.4. The van der Waals surface area contributed by atoms with Gasteiger partial charge in [0.05, 0.1) is 6.61 Å². The summed E-state index contributed by atoms with van der Waals surface area (Å²) in [7, 11) is 0. The van der Waals surface area contributed by atoms with Gasteiger partial charge in [-0.3, -0.25) is 19.2 Å². The maximum absolute atomic E-state index is 13.1. The molecule has 4 atom stereocenters. The Morgan fingerprint density at radius 1 is 0.912 bits per heavy atom. The molecule has 1 aromatic carbocycles. The van der Waals surface area contributed by atoms with E-state index in [0.717, 1.165) is 0 Å². The van der Waals surface area contributed by atoms with Crippen molar-refractivity contribution in [2.24, 2.45) is 17.4 Å². The van der Waals surface area contributed by atoms with E-state index in [1.54, 1.807) is 44.2 Å². The summed E-state index contributed by atoms with van der Waals surface area (Å²) in [6.45, 7) is 2.57. The second-order valence-electron chi connectivity index (χ2n) is 8.17. The number of carbonyl (C=O) groups is 5. The number of amides is 4. The van der Waals surface area contributed by atoms with Gasteiger partial charge in [-0.15, -0.1) is 0 Å². The van der Waals surface area contributed by atoms with Crippen LogP contribution in [0.3, 0.4) is 0 Å². The Hall–Kier alpha value is -3.51. The smallest absolute Gasteiger partial charge is 0.326 e. The summed E-state index contributed by atoms with van der Waals surface area (Å²) in [4.78, 5) is 60.8. The van der Waals surface area contributed by atoms with Crippen molar-refractivity contribution in [3.63, 3.8) is 0 Å². The second kappa shape index (κ2) is 13.9. The SMILES string of the molecule is CC(C)C(NC(=O)C(CCC(N)=O)NC(=O)C(Cc1ccccc1)NC(=O)C(N)CO)C(=O)O. The van der Waals surface area contributed by atoms with E-state index in [4.69, 9.17) is 16.6 Å². The highest BCUT2D eigenvalue weighted by atomic mass is 16.4. The summed E-state index contributed by atoms with van der Waals surface area (Å²) in [5.41, 5.74) is 11.4. The number of primary amides is 1. The molecule has 4 unspecified atom stereocenters. The molecule has 12 nitrogen and oxygen atoms in total. The van der Waals surface area contributed by atoms with E-state index in [2.05, 4.69) is 16.0 Å². The minimum Gasteiger partial charge on any atom is -0.480 e. The Bertz CT molecular complexity index is 862. The third-order valence-electron chi connectivity index (χ3n) is 4.99. The van der Waals surface area contributed by atoms with Crippen molar-refractivity contribution in [2.45, 2.75) is 57.3 Å². The number of carbonyl (C=O) groups excluding carboxylic acids is 4. The lowest BCUT2D eigenvalue weighted by molar-refractivity contribution is -0.143. The first-order chi connectivity index (χ1) is 16.0. The minimum atomic E-state index is -1.29. The Morgan fingerprint density at radius 2 is 1.47 bits per heavy atom. The van der Waals surface area contributed by atoms with Gasteiger partial charge in [-0.25, -0.2) is 4.79 Å². The summed E-state index contributed by atoms with van der Waals surface area (Å²) >= 11 is 0. The number of aliphatic carboxylic acids is 1. The van der Waals surface area contributed by atoms with Crippen LogP contribution in [0.25, 0.3) is 0 Å². The Morgan fingerprint density at radius 3 is 1.97 bits per heavy atom. The molecule has 0 aliphatic rings. The first kappa shape index (κ1) is 28.5. The predicted molar refractivity (Wildman–Crippen MR) is 122 cm³/mol. The maximum Gasteiger partial charge on any atom is 0.326 e. The van der Waals surface area contributed by atoms with Crippen LogP contribution >= 0.6 is 0 Å². The molecule has 0 aliphatic heterocycles. The lowest BCUT2D eigenvalue weighted by atomic mass is 10.0. The van der Waals surface area contributed by atoms with Crippen molar-refractivity contribution in [3.05, 3.63) is 35.9 Å². The lowest BCUT2D eigenvalue weighted by Crippen LogP contribution is -2.58. The number of aliphatic hydroxyl groups excluding tert-OH is 1. The third kappa shape index (κ3) is 9.55. The fourth-order valence-corrected chi connectivity index (χ4v) is 3.02. The molecular weight excluding hydrogens is 446 g/mol. The van der Waals surface area contributed by atoms with Crippen LogP contribution in [0.4, 0.5) is 0 Å². The van der Waals surface area contributed by atoms with Gasteiger partial charge in [0.1, 0.15) is 24.2 Å². The van der Waals surface area contributed by atoms with Crippen LogP contribution in [0.15, 0.2) is 30.3 Å². The van der Waals surface area contributed by atoms with Crippen molar-refractivity contribution in [2.75, 3.05) is 6.61 Å². The van der Waals surface area contributed by atoms with Crippen LogP contribution in [0.5, 0.6) is 0 Å².